The van der Waals surface area contributed by atoms with E-state index in [1.165, 1.54) is 36.4 Å². The molecule has 4 N–H and O–H groups in total. The van der Waals surface area contributed by atoms with Gasteiger partial charge >= 0.3 is 0 Å². The van der Waals surface area contributed by atoms with Crippen molar-refractivity contribution in [2.45, 2.75) is 0 Å². The van der Waals surface area contributed by atoms with Crippen molar-refractivity contribution in [2.75, 3.05) is 11.5 Å². The number of rotatable bonds is 4. The molecule has 0 aliphatic heterocycles. The van der Waals surface area contributed by atoms with Gasteiger partial charge < -0.3 is 11.5 Å². The summed E-state index contributed by atoms with van der Waals surface area (Å²) in [5.74, 6) is 0. The average Bonchev–Trinajstić information content (AvgIpc) is 2.80. The van der Waals surface area contributed by atoms with E-state index in [4.69, 9.17) is 11.5 Å². The highest BCUT2D eigenvalue weighted by atomic mass is 16.6. The fraction of sp³-hybridized carbons (Fsp3) is 0. The van der Waals surface area contributed by atoms with Crippen LogP contribution >= 0.6 is 0 Å². The molecule has 4 rings (SSSR count). The minimum atomic E-state index is -0.550. The number of nitro groups is 2. The van der Waals surface area contributed by atoms with Crippen LogP contribution in [0.2, 0.25) is 0 Å². The Kier molecular flexibility index (Phi) is 6.77. The number of para-hydroxylation sites is 4. The summed E-state index contributed by atoms with van der Waals surface area (Å²) in [5.41, 5.74) is 15.4. The summed E-state index contributed by atoms with van der Waals surface area (Å²) in [5, 5.41) is 21.8. The van der Waals surface area contributed by atoms with E-state index in [-0.39, 0.29) is 22.5 Å². The Bertz CT molecular complexity index is 1180. The predicted octanol–water partition coefficient (Wildman–Crippen LogP) is 5.69. The molecule has 8 nitrogen and oxygen atoms in total. The smallest absolute Gasteiger partial charge is 0.277 e. The van der Waals surface area contributed by atoms with Crippen molar-refractivity contribution in [3.8, 4) is 22.3 Å². The topological polar surface area (TPSA) is 138 Å². The number of hydrogen-bond acceptors (Lipinski definition) is 6. The Hall–Kier alpha value is -4.72. The van der Waals surface area contributed by atoms with Crippen LogP contribution in [0.4, 0.5) is 22.7 Å². The lowest BCUT2D eigenvalue weighted by atomic mass is 10.0. The molecule has 0 unspecified atom stereocenters. The molecule has 0 amide bonds. The molecule has 0 saturated carbocycles. The van der Waals surface area contributed by atoms with E-state index >= 15 is 0 Å². The Morgan fingerprint density at radius 1 is 0.469 bits per heavy atom. The molecule has 4 aromatic rings. The first-order chi connectivity index (χ1) is 15.4. The average molecular weight is 428 g/mol. The fourth-order valence-corrected chi connectivity index (χ4v) is 3.21. The highest BCUT2D eigenvalue weighted by molar-refractivity contribution is 5.84. The Labute approximate surface area is 184 Å². The van der Waals surface area contributed by atoms with Gasteiger partial charge in [0.15, 0.2) is 0 Å². The molecule has 32 heavy (non-hydrogen) atoms. The van der Waals surface area contributed by atoms with Crippen molar-refractivity contribution >= 4 is 22.7 Å². The third-order valence-electron chi connectivity index (χ3n) is 4.70. The first kappa shape index (κ1) is 22.0. The van der Waals surface area contributed by atoms with Crippen molar-refractivity contribution in [3.63, 3.8) is 0 Å². The van der Waals surface area contributed by atoms with Gasteiger partial charge in [-0.1, -0.05) is 60.7 Å². The summed E-state index contributed by atoms with van der Waals surface area (Å²) in [6.07, 6.45) is 0. The Morgan fingerprint density at radius 3 is 1.06 bits per heavy atom. The quantitative estimate of drug-likeness (QED) is 0.243. The van der Waals surface area contributed by atoms with Crippen LogP contribution in [0, 0.1) is 20.2 Å². The lowest BCUT2D eigenvalue weighted by molar-refractivity contribution is -0.386. The van der Waals surface area contributed by atoms with Gasteiger partial charge in [0.1, 0.15) is 0 Å². The Balaban J connectivity index is 0.000000186. The molecule has 0 aliphatic carbocycles. The zero-order valence-electron chi connectivity index (χ0n) is 16.9. The highest BCUT2D eigenvalue weighted by Crippen LogP contribution is 2.35. The van der Waals surface area contributed by atoms with Crippen LogP contribution in [-0.2, 0) is 0 Å². The highest BCUT2D eigenvalue weighted by Gasteiger charge is 2.21. The van der Waals surface area contributed by atoms with Gasteiger partial charge in [0.2, 0.25) is 0 Å². The fourth-order valence-electron chi connectivity index (χ4n) is 3.21. The van der Waals surface area contributed by atoms with Crippen LogP contribution < -0.4 is 11.5 Å². The number of nitrogens with zero attached hydrogens (tertiary/aromatic N) is 2. The van der Waals surface area contributed by atoms with Gasteiger partial charge in [-0.3, -0.25) is 20.2 Å². The second-order valence-electron chi connectivity index (χ2n) is 6.72. The van der Waals surface area contributed by atoms with Crippen LogP contribution in [0.5, 0.6) is 0 Å². The van der Waals surface area contributed by atoms with Gasteiger partial charge in [0, 0.05) is 34.6 Å². The van der Waals surface area contributed by atoms with Gasteiger partial charge in [0.05, 0.1) is 21.0 Å². The predicted molar refractivity (Wildman–Crippen MR) is 126 cm³/mol. The summed E-state index contributed by atoms with van der Waals surface area (Å²) in [4.78, 5) is 20.7. The van der Waals surface area contributed by atoms with E-state index < -0.39 is 9.85 Å². The second-order valence-corrected chi connectivity index (χ2v) is 6.72. The van der Waals surface area contributed by atoms with Crippen molar-refractivity contribution in [1.29, 1.82) is 0 Å². The van der Waals surface area contributed by atoms with Crippen LogP contribution in [0.1, 0.15) is 0 Å². The van der Waals surface area contributed by atoms with Gasteiger partial charge in [-0.25, -0.2) is 0 Å². The maximum atomic E-state index is 10.9. The van der Waals surface area contributed by atoms with Crippen LogP contribution in [0.25, 0.3) is 22.3 Å². The van der Waals surface area contributed by atoms with E-state index in [1.54, 1.807) is 12.1 Å². The van der Waals surface area contributed by atoms with E-state index in [2.05, 4.69) is 0 Å². The molecule has 0 fully saturated rings. The minimum Gasteiger partial charge on any atom is -0.398 e. The number of benzene rings is 4. The van der Waals surface area contributed by atoms with E-state index in [0.29, 0.717) is 0 Å². The summed E-state index contributed by atoms with van der Waals surface area (Å²) < 4.78 is 0. The molecule has 0 radical (unpaired) electrons. The molecule has 0 bridgehead atoms. The lowest BCUT2D eigenvalue weighted by Gasteiger charge is -2.07. The van der Waals surface area contributed by atoms with E-state index in [1.807, 2.05) is 48.5 Å². The molecule has 0 spiro atoms. The maximum Gasteiger partial charge on any atom is 0.277 e. The van der Waals surface area contributed by atoms with Crippen molar-refractivity contribution < 1.29 is 9.85 Å². The van der Waals surface area contributed by atoms with Crippen LogP contribution in [-0.4, -0.2) is 9.85 Å². The number of nitro benzene ring substituents is 2. The largest absolute Gasteiger partial charge is 0.398 e. The molecule has 0 atom stereocenters. The van der Waals surface area contributed by atoms with Crippen molar-refractivity contribution in [3.05, 3.63) is 117 Å². The summed E-state index contributed by atoms with van der Waals surface area (Å²) in [6.45, 7) is 0. The molecule has 160 valence electrons. The third kappa shape index (κ3) is 4.88. The minimum absolute atomic E-state index is 0.146. The van der Waals surface area contributed by atoms with Crippen LogP contribution in [0.15, 0.2) is 97.1 Å². The molecule has 0 aliphatic rings. The van der Waals surface area contributed by atoms with Gasteiger partial charge in [-0.2, -0.15) is 0 Å². The number of hydrogen-bond donors (Lipinski definition) is 2. The standard InChI is InChI=1S/C12H8N2O4.C12H12N2/c15-13(16)11-7-3-1-5-9(11)10-6-2-4-8-12(10)14(17)18;13-11-7-3-1-5-9(11)10-6-2-4-8-12(10)14/h1-8H;1-8H,13-14H2. The van der Waals surface area contributed by atoms with Gasteiger partial charge in [0.25, 0.3) is 11.4 Å². The van der Waals surface area contributed by atoms with E-state index in [9.17, 15) is 20.2 Å². The summed E-state index contributed by atoms with van der Waals surface area (Å²) in [7, 11) is 0. The molecule has 0 aromatic heterocycles. The molecule has 4 aromatic carbocycles. The monoisotopic (exact) mass is 428 g/mol. The van der Waals surface area contributed by atoms with Crippen molar-refractivity contribution in [1.82, 2.24) is 0 Å². The van der Waals surface area contributed by atoms with Gasteiger partial charge in [-0.05, 0) is 24.3 Å². The lowest BCUT2D eigenvalue weighted by Crippen LogP contribution is -1.95. The molecule has 0 heterocycles. The normalized spacial score (nSPS) is 10.0. The summed E-state index contributed by atoms with van der Waals surface area (Å²) >= 11 is 0. The zero-order valence-corrected chi connectivity index (χ0v) is 16.9. The van der Waals surface area contributed by atoms with Crippen molar-refractivity contribution in [2.24, 2.45) is 0 Å². The SMILES string of the molecule is Nc1ccccc1-c1ccccc1N.O=[N+]([O-])c1ccccc1-c1ccccc1[N+](=O)[O-]. The third-order valence-corrected chi connectivity index (χ3v) is 4.70. The molecular formula is C24H20N4O4. The second kappa shape index (κ2) is 9.86. The number of anilines is 2. The summed E-state index contributed by atoms with van der Waals surface area (Å²) in [6, 6.07) is 27.4. The number of nitrogens with two attached hydrogens (primary N) is 2. The first-order valence-electron chi connectivity index (χ1n) is 9.56. The maximum absolute atomic E-state index is 10.9. The first-order valence-corrected chi connectivity index (χ1v) is 9.56. The van der Waals surface area contributed by atoms with Gasteiger partial charge in [-0.15, -0.1) is 0 Å². The number of nitrogen functional groups attached to an aromatic ring is 2. The van der Waals surface area contributed by atoms with Crippen LogP contribution in [0.3, 0.4) is 0 Å². The molecule has 8 heteroatoms. The molecule has 0 saturated heterocycles. The molecular weight excluding hydrogens is 408 g/mol. The zero-order chi connectivity index (χ0) is 23.1. The Morgan fingerprint density at radius 2 is 0.750 bits per heavy atom. The van der Waals surface area contributed by atoms with E-state index in [0.717, 1.165) is 22.5 Å².